The molecule has 140 valence electrons. The summed E-state index contributed by atoms with van der Waals surface area (Å²) in [4.78, 5) is 32.8. The van der Waals surface area contributed by atoms with E-state index in [0.29, 0.717) is 43.4 Å². The summed E-state index contributed by atoms with van der Waals surface area (Å²) in [6.45, 7) is 2.73. The lowest BCUT2D eigenvalue weighted by molar-refractivity contribution is -0.134. The molecule has 0 radical (unpaired) electrons. The van der Waals surface area contributed by atoms with Crippen LogP contribution in [-0.4, -0.2) is 54.7 Å². The third-order valence-electron chi connectivity index (χ3n) is 4.57. The molecule has 0 aliphatic carbocycles. The number of fused-ring (bicyclic) bond motifs is 1. The molecular weight excluding hydrogens is 348 g/mol. The van der Waals surface area contributed by atoms with Gasteiger partial charge in [-0.3, -0.25) is 9.59 Å². The molecule has 2 aliphatic rings. The first-order chi connectivity index (χ1) is 13.2. The Morgan fingerprint density at radius 3 is 2.63 bits per heavy atom. The van der Waals surface area contributed by atoms with Crippen LogP contribution in [0.5, 0.6) is 11.5 Å². The zero-order chi connectivity index (χ0) is 18.6. The number of pyridine rings is 1. The molecule has 2 aromatic rings. The van der Waals surface area contributed by atoms with Crippen molar-refractivity contribution in [3.63, 3.8) is 0 Å². The van der Waals surface area contributed by atoms with Crippen LogP contribution >= 0.6 is 0 Å². The standard InChI is InChI=1S/C19H20N4O4/c24-18(21-14-4-5-15-16(11-14)27-13-26-15)12-19(25)23-9-7-22(8-10-23)17-3-1-2-6-20-17/h1-6,11H,7-10,12-13H2,(H,21,24). The molecule has 1 saturated heterocycles. The number of benzene rings is 1. The van der Waals surface area contributed by atoms with Crippen LogP contribution in [0.3, 0.4) is 0 Å². The molecular formula is C19H20N4O4. The summed E-state index contributed by atoms with van der Waals surface area (Å²) in [6, 6.07) is 10.9. The summed E-state index contributed by atoms with van der Waals surface area (Å²) < 4.78 is 10.5. The molecule has 1 aromatic carbocycles. The van der Waals surface area contributed by atoms with E-state index < -0.39 is 0 Å². The number of piperazine rings is 1. The lowest BCUT2D eigenvalue weighted by Gasteiger charge is -2.35. The number of carbonyl (C=O) groups is 2. The van der Waals surface area contributed by atoms with Crippen molar-refractivity contribution in [1.29, 1.82) is 0 Å². The molecule has 1 N–H and O–H groups in total. The van der Waals surface area contributed by atoms with Crippen LogP contribution in [0.2, 0.25) is 0 Å². The highest BCUT2D eigenvalue weighted by atomic mass is 16.7. The van der Waals surface area contributed by atoms with Gasteiger partial charge in [0.1, 0.15) is 12.2 Å². The number of nitrogens with one attached hydrogen (secondary N) is 1. The first-order valence-electron chi connectivity index (χ1n) is 8.82. The predicted octanol–water partition coefficient (Wildman–Crippen LogP) is 1.49. The van der Waals surface area contributed by atoms with E-state index in [0.717, 1.165) is 5.82 Å². The van der Waals surface area contributed by atoms with Gasteiger partial charge in [0.25, 0.3) is 0 Å². The zero-order valence-electron chi connectivity index (χ0n) is 14.8. The first-order valence-corrected chi connectivity index (χ1v) is 8.82. The highest BCUT2D eigenvalue weighted by molar-refractivity contribution is 6.03. The molecule has 1 aromatic heterocycles. The second-order valence-corrected chi connectivity index (χ2v) is 6.35. The number of nitrogens with zero attached hydrogens (tertiary/aromatic N) is 3. The Morgan fingerprint density at radius 1 is 1.04 bits per heavy atom. The minimum atomic E-state index is -0.342. The van der Waals surface area contributed by atoms with Gasteiger partial charge in [0.2, 0.25) is 18.6 Å². The summed E-state index contributed by atoms with van der Waals surface area (Å²) in [6.07, 6.45) is 1.57. The zero-order valence-corrected chi connectivity index (χ0v) is 14.8. The van der Waals surface area contributed by atoms with Gasteiger partial charge >= 0.3 is 0 Å². The number of hydrogen-bond acceptors (Lipinski definition) is 6. The van der Waals surface area contributed by atoms with Gasteiger partial charge in [-0.25, -0.2) is 4.98 Å². The van der Waals surface area contributed by atoms with Crippen LogP contribution in [0.1, 0.15) is 6.42 Å². The van der Waals surface area contributed by atoms with Crippen LogP contribution in [0.4, 0.5) is 11.5 Å². The number of anilines is 2. The van der Waals surface area contributed by atoms with E-state index in [1.54, 1.807) is 29.3 Å². The summed E-state index contributed by atoms with van der Waals surface area (Å²) in [5.41, 5.74) is 0.581. The van der Waals surface area contributed by atoms with E-state index in [2.05, 4.69) is 15.2 Å². The Hall–Kier alpha value is -3.29. The van der Waals surface area contributed by atoms with Gasteiger partial charge < -0.3 is 24.6 Å². The molecule has 4 rings (SSSR count). The van der Waals surface area contributed by atoms with Crippen molar-refractivity contribution >= 4 is 23.3 Å². The summed E-state index contributed by atoms with van der Waals surface area (Å²) in [7, 11) is 0. The Bertz CT molecular complexity index is 835. The highest BCUT2D eigenvalue weighted by Crippen LogP contribution is 2.34. The molecule has 0 saturated carbocycles. The van der Waals surface area contributed by atoms with Crippen molar-refractivity contribution in [3.8, 4) is 11.5 Å². The topological polar surface area (TPSA) is 84.0 Å². The fourth-order valence-electron chi connectivity index (χ4n) is 3.15. The van der Waals surface area contributed by atoms with Crippen molar-refractivity contribution in [3.05, 3.63) is 42.6 Å². The van der Waals surface area contributed by atoms with Crippen molar-refractivity contribution < 1.29 is 19.1 Å². The van der Waals surface area contributed by atoms with Crippen molar-refractivity contribution in [1.82, 2.24) is 9.88 Å². The maximum atomic E-state index is 12.4. The molecule has 0 unspecified atom stereocenters. The first kappa shape index (κ1) is 17.1. The van der Waals surface area contributed by atoms with Gasteiger partial charge in [-0.15, -0.1) is 0 Å². The molecule has 0 bridgehead atoms. The van der Waals surface area contributed by atoms with E-state index >= 15 is 0 Å². The minimum absolute atomic E-state index is 0.172. The van der Waals surface area contributed by atoms with Crippen LogP contribution in [0.25, 0.3) is 0 Å². The third-order valence-corrected chi connectivity index (χ3v) is 4.57. The smallest absolute Gasteiger partial charge is 0.233 e. The summed E-state index contributed by atoms with van der Waals surface area (Å²) in [5, 5.41) is 2.73. The predicted molar refractivity (Wildman–Crippen MR) is 98.8 cm³/mol. The quantitative estimate of drug-likeness (QED) is 0.823. The second-order valence-electron chi connectivity index (χ2n) is 6.35. The molecule has 2 aliphatic heterocycles. The average Bonchev–Trinajstić information content (AvgIpc) is 3.16. The van der Waals surface area contributed by atoms with Crippen molar-refractivity contribution in [2.45, 2.75) is 6.42 Å². The molecule has 0 atom stereocenters. The largest absolute Gasteiger partial charge is 0.454 e. The van der Waals surface area contributed by atoms with E-state index in [9.17, 15) is 9.59 Å². The normalized spacial score (nSPS) is 15.6. The average molecular weight is 368 g/mol. The number of amides is 2. The maximum absolute atomic E-state index is 12.4. The number of carbonyl (C=O) groups excluding carboxylic acids is 2. The molecule has 8 nitrogen and oxygen atoms in total. The fourth-order valence-corrected chi connectivity index (χ4v) is 3.15. The SMILES string of the molecule is O=C(CC(=O)N1CCN(c2ccccn2)CC1)Nc1ccc2c(c1)OCO2. The van der Waals surface area contributed by atoms with Crippen LogP contribution in [0.15, 0.2) is 42.6 Å². The van der Waals surface area contributed by atoms with Gasteiger partial charge in [-0.2, -0.15) is 0 Å². The van der Waals surface area contributed by atoms with Gasteiger partial charge in [-0.1, -0.05) is 6.07 Å². The third kappa shape index (κ3) is 3.94. The van der Waals surface area contributed by atoms with Crippen molar-refractivity contribution in [2.75, 3.05) is 43.2 Å². The maximum Gasteiger partial charge on any atom is 0.233 e. The van der Waals surface area contributed by atoms with Gasteiger partial charge in [0.05, 0.1) is 0 Å². The van der Waals surface area contributed by atoms with Crippen LogP contribution in [-0.2, 0) is 9.59 Å². The number of hydrogen-bond donors (Lipinski definition) is 1. The van der Waals surface area contributed by atoms with E-state index in [1.807, 2.05) is 18.2 Å². The fraction of sp³-hybridized carbons (Fsp3) is 0.316. The molecule has 27 heavy (non-hydrogen) atoms. The lowest BCUT2D eigenvalue weighted by atomic mass is 10.2. The number of ether oxygens (including phenoxy) is 2. The molecule has 1 fully saturated rings. The van der Waals surface area contributed by atoms with Crippen molar-refractivity contribution in [2.24, 2.45) is 0 Å². The van der Waals surface area contributed by atoms with Crippen LogP contribution in [0, 0.1) is 0 Å². The summed E-state index contributed by atoms with van der Waals surface area (Å²) >= 11 is 0. The van der Waals surface area contributed by atoms with E-state index in [-0.39, 0.29) is 25.0 Å². The van der Waals surface area contributed by atoms with E-state index in [4.69, 9.17) is 9.47 Å². The Labute approximate surface area is 156 Å². The van der Waals surface area contributed by atoms with Gasteiger partial charge in [-0.05, 0) is 24.3 Å². The Morgan fingerprint density at radius 2 is 1.85 bits per heavy atom. The van der Waals surface area contributed by atoms with Crippen LogP contribution < -0.4 is 19.7 Å². The Balaban J connectivity index is 1.27. The molecule has 2 amide bonds. The lowest BCUT2D eigenvalue weighted by Crippen LogP contribution is -2.49. The molecule has 0 spiro atoms. The molecule has 3 heterocycles. The number of rotatable bonds is 4. The summed E-state index contributed by atoms with van der Waals surface area (Å²) in [5.74, 6) is 1.63. The minimum Gasteiger partial charge on any atom is -0.454 e. The molecule has 8 heteroatoms. The second kappa shape index (κ2) is 7.53. The number of aromatic nitrogens is 1. The van der Waals surface area contributed by atoms with E-state index in [1.165, 1.54) is 0 Å². The monoisotopic (exact) mass is 368 g/mol. The van der Waals surface area contributed by atoms with Gasteiger partial charge in [0.15, 0.2) is 11.5 Å². The Kier molecular flexibility index (Phi) is 4.78. The highest BCUT2D eigenvalue weighted by Gasteiger charge is 2.23. The van der Waals surface area contributed by atoms with Gasteiger partial charge in [0, 0.05) is 44.1 Å².